The van der Waals surface area contributed by atoms with Gasteiger partial charge in [0.2, 0.25) is 0 Å². The molecule has 0 amide bonds. The average molecular weight is 228 g/mol. The zero-order chi connectivity index (χ0) is 11.8. The van der Waals surface area contributed by atoms with Crippen molar-refractivity contribution in [3.05, 3.63) is 35.5 Å². The highest BCUT2D eigenvalue weighted by atomic mass is 15.3. The first-order chi connectivity index (χ1) is 8.28. The fourth-order valence-electron chi connectivity index (χ4n) is 3.32. The van der Waals surface area contributed by atoms with Crippen molar-refractivity contribution in [2.24, 2.45) is 0 Å². The van der Waals surface area contributed by atoms with E-state index >= 15 is 0 Å². The summed E-state index contributed by atoms with van der Waals surface area (Å²) < 4.78 is 0. The molecule has 0 radical (unpaired) electrons. The molecule has 0 spiro atoms. The molecule has 3 rings (SSSR count). The first-order valence-corrected chi connectivity index (χ1v) is 6.63. The zero-order valence-corrected chi connectivity index (χ0v) is 10.7. The summed E-state index contributed by atoms with van der Waals surface area (Å²) in [7, 11) is 0. The van der Waals surface area contributed by atoms with E-state index in [4.69, 9.17) is 0 Å². The van der Waals surface area contributed by atoms with Crippen LogP contribution in [0.1, 0.15) is 38.2 Å². The molecule has 0 saturated carbocycles. The van der Waals surface area contributed by atoms with E-state index in [0.29, 0.717) is 12.1 Å². The van der Waals surface area contributed by atoms with Crippen LogP contribution in [0.4, 0.5) is 5.82 Å². The van der Waals surface area contributed by atoms with Gasteiger partial charge in [-0.25, -0.2) is 4.98 Å². The molecule has 0 N–H and O–H groups in total. The topological polar surface area (TPSA) is 16.1 Å². The summed E-state index contributed by atoms with van der Waals surface area (Å²) in [5.74, 6) is 1.19. The van der Waals surface area contributed by atoms with Crippen LogP contribution in [0, 0.1) is 6.92 Å². The Morgan fingerprint density at radius 1 is 1.29 bits per heavy atom. The maximum absolute atomic E-state index is 4.56. The van der Waals surface area contributed by atoms with Crippen molar-refractivity contribution in [1.29, 1.82) is 0 Å². The predicted octanol–water partition coefficient (Wildman–Crippen LogP) is 3.47. The lowest BCUT2D eigenvalue weighted by molar-refractivity contribution is 0.543. The molecular weight excluding hydrogens is 208 g/mol. The molecule has 2 saturated heterocycles. The summed E-state index contributed by atoms with van der Waals surface area (Å²) in [6.07, 6.45) is 9.39. The Morgan fingerprint density at radius 3 is 2.59 bits per heavy atom. The van der Waals surface area contributed by atoms with Gasteiger partial charge < -0.3 is 4.90 Å². The number of hydrogen-bond donors (Lipinski definition) is 0. The highest BCUT2D eigenvalue weighted by Crippen LogP contribution is 2.40. The Kier molecular flexibility index (Phi) is 2.65. The lowest BCUT2D eigenvalue weighted by Gasteiger charge is -2.37. The number of fused-ring (bicyclic) bond motifs is 2. The minimum absolute atomic E-state index is 0.689. The van der Waals surface area contributed by atoms with Crippen LogP contribution in [0.2, 0.25) is 0 Å². The SMILES string of the molecule is CC=C1CC2CCC(C1)N2c1cc(C)ccn1. The zero-order valence-electron chi connectivity index (χ0n) is 10.7. The van der Waals surface area contributed by atoms with Gasteiger partial charge in [0.25, 0.3) is 0 Å². The third-order valence-electron chi connectivity index (χ3n) is 4.19. The number of pyridine rings is 1. The monoisotopic (exact) mass is 228 g/mol. The Labute approximate surface area is 103 Å². The van der Waals surface area contributed by atoms with Gasteiger partial charge in [0.05, 0.1) is 0 Å². The second-order valence-corrected chi connectivity index (χ2v) is 5.34. The second-order valence-electron chi connectivity index (χ2n) is 5.34. The van der Waals surface area contributed by atoms with Crippen molar-refractivity contribution in [2.75, 3.05) is 4.90 Å². The Balaban J connectivity index is 1.91. The average Bonchev–Trinajstić information content (AvgIpc) is 2.60. The van der Waals surface area contributed by atoms with E-state index in [9.17, 15) is 0 Å². The summed E-state index contributed by atoms with van der Waals surface area (Å²) in [6, 6.07) is 5.68. The normalized spacial score (nSPS) is 27.4. The first kappa shape index (κ1) is 10.8. The molecule has 1 aromatic heterocycles. The molecule has 2 bridgehead atoms. The van der Waals surface area contributed by atoms with E-state index in [1.807, 2.05) is 6.20 Å². The summed E-state index contributed by atoms with van der Waals surface area (Å²) in [5, 5.41) is 0. The predicted molar refractivity (Wildman–Crippen MR) is 71.3 cm³/mol. The van der Waals surface area contributed by atoms with Crippen LogP contribution in [-0.2, 0) is 0 Å². The van der Waals surface area contributed by atoms with E-state index in [-0.39, 0.29) is 0 Å². The molecule has 0 aliphatic carbocycles. The second kappa shape index (κ2) is 4.17. The van der Waals surface area contributed by atoms with E-state index in [1.54, 1.807) is 5.57 Å². The number of aromatic nitrogens is 1. The van der Waals surface area contributed by atoms with Crippen molar-refractivity contribution in [3.63, 3.8) is 0 Å². The molecule has 2 unspecified atom stereocenters. The molecule has 2 nitrogen and oxygen atoms in total. The molecular formula is C15H20N2. The molecule has 0 aromatic carbocycles. The smallest absolute Gasteiger partial charge is 0.129 e. The molecule has 1 aromatic rings. The van der Waals surface area contributed by atoms with Crippen LogP contribution >= 0.6 is 0 Å². The van der Waals surface area contributed by atoms with Gasteiger partial charge in [-0.2, -0.15) is 0 Å². The van der Waals surface area contributed by atoms with E-state index < -0.39 is 0 Å². The van der Waals surface area contributed by atoms with Crippen molar-refractivity contribution < 1.29 is 0 Å². The number of anilines is 1. The van der Waals surface area contributed by atoms with Crippen LogP contribution in [0.5, 0.6) is 0 Å². The Hall–Kier alpha value is -1.31. The number of nitrogens with zero attached hydrogens (tertiary/aromatic N) is 2. The molecule has 2 heteroatoms. The Bertz CT molecular complexity index is 434. The summed E-state index contributed by atoms with van der Waals surface area (Å²) in [6.45, 7) is 4.32. The molecule has 2 aliphatic heterocycles. The maximum Gasteiger partial charge on any atom is 0.129 e. The van der Waals surface area contributed by atoms with Gasteiger partial charge in [-0.15, -0.1) is 0 Å². The maximum atomic E-state index is 4.56. The van der Waals surface area contributed by atoms with E-state index in [1.165, 1.54) is 37.1 Å². The molecule has 2 fully saturated rings. The highest BCUT2D eigenvalue weighted by Gasteiger charge is 2.38. The molecule has 3 heterocycles. The van der Waals surface area contributed by atoms with Crippen LogP contribution < -0.4 is 4.90 Å². The lowest BCUT2D eigenvalue weighted by atomic mass is 9.96. The third-order valence-corrected chi connectivity index (χ3v) is 4.19. The van der Waals surface area contributed by atoms with Gasteiger partial charge in [0.15, 0.2) is 0 Å². The molecule has 2 atom stereocenters. The van der Waals surface area contributed by atoms with Gasteiger partial charge >= 0.3 is 0 Å². The van der Waals surface area contributed by atoms with Crippen LogP contribution in [0.25, 0.3) is 0 Å². The fraction of sp³-hybridized carbons (Fsp3) is 0.533. The van der Waals surface area contributed by atoms with Gasteiger partial charge in [-0.1, -0.05) is 11.6 Å². The summed E-state index contributed by atoms with van der Waals surface area (Å²) >= 11 is 0. The van der Waals surface area contributed by atoms with Crippen LogP contribution in [0.3, 0.4) is 0 Å². The van der Waals surface area contributed by atoms with Gasteiger partial charge in [0.1, 0.15) is 5.82 Å². The van der Waals surface area contributed by atoms with Crippen LogP contribution in [0.15, 0.2) is 30.0 Å². The minimum atomic E-state index is 0.689. The van der Waals surface area contributed by atoms with Crippen molar-refractivity contribution in [1.82, 2.24) is 4.98 Å². The quantitative estimate of drug-likeness (QED) is 0.684. The van der Waals surface area contributed by atoms with Crippen LogP contribution in [-0.4, -0.2) is 17.1 Å². The van der Waals surface area contributed by atoms with E-state index in [2.05, 4.69) is 41.9 Å². The Morgan fingerprint density at radius 2 is 2.00 bits per heavy atom. The molecule has 17 heavy (non-hydrogen) atoms. The van der Waals surface area contributed by atoms with Gasteiger partial charge in [-0.05, 0) is 57.2 Å². The summed E-state index contributed by atoms with van der Waals surface area (Å²) in [4.78, 5) is 7.13. The lowest BCUT2D eigenvalue weighted by Crippen LogP contribution is -2.41. The van der Waals surface area contributed by atoms with E-state index in [0.717, 1.165) is 0 Å². The number of aryl methyl sites for hydroxylation is 1. The van der Waals surface area contributed by atoms with Crippen molar-refractivity contribution in [3.8, 4) is 0 Å². The van der Waals surface area contributed by atoms with Gasteiger partial charge in [-0.3, -0.25) is 0 Å². The molecule has 90 valence electrons. The van der Waals surface area contributed by atoms with Crippen molar-refractivity contribution in [2.45, 2.75) is 51.6 Å². The number of rotatable bonds is 1. The first-order valence-electron chi connectivity index (χ1n) is 6.63. The minimum Gasteiger partial charge on any atom is -0.350 e. The molecule has 2 aliphatic rings. The standard InChI is InChI=1S/C15H20N2/c1-3-12-9-13-4-5-14(10-12)17(13)15-8-11(2)6-7-16-15/h3,6-8,13-14H,4-5,9-10H2,1-2H3. The number of piperidine rings is 1. The summed E-state index contributed by atoms with van der Waals surface area (Å²) in [5.41, 5.74) is 2.95. The number of allylic oxidation sites excluding steroid dienone is 1. The number of hydrogen-bond acceptors (Lipinski definition) is 2. The van der Waals surface area contributed by atoms with Gasteiger partial charge in [0, 0.05) is 18.3 Å². The third kappa shape index (κ3) is 1.86. The van der Waals surface area contributed by atoms with Crippen molar-refractivity contribution >= 4 is 5.82 Å². The fourth-order valence-corrected chi connectivity index (χ4v) is 3.32. The highest BCUT2D eigenvalue weighted by molar-refractivity contribution is 5.47. The largest absolute Gasteiger partial charge is 0.350 e.